The van der Waals surface area contributed by atoms with Crippen molar-refractivity contribution < 1.29 is 13.9 Å². The van der Waals surface area contributed by atoms with Gasteiger partial charge >= 0.3 is 0 Å². The molecule has 9 nitrogen and oxygen atoms in total. The number of fused-ring (bicyclic) bond motifs is 1. The van der Waals surface area contributed by atoms with E-state index in [2.05, 4.69) is 49.9 Å². The maximum atomic E-state index is 12.3. The molecule has 0 aliphatic rings. The number of H-pyrrole nitrogens is 1. The van der Waals surface area contributed by atoms with Gasteiger partial charge < -0.3 is 24.8 Å². The first-order valence-electron chi connectivity index (χ1n) is 12.1. The van der Waals surface area contributed by atoms with Crippen LogP contribution in [0.1, 0.15) is 27.9 Å². The average molecular weight is 497 g/mol. The van der Waals surface area contributed by atoms with Crippen LogP contribution >= 0.6 is 0 Å². The predicted octanol–water partition coefficient (Wildman–Crippen LogP) is 3.93. The van der Waals surface area contributed by atoms with Crippen LogP contribution < -0.4 is 15.4 Å². The van der Waals surface area contributed by atoms with Gasteiger partial charge in [0, 0.05) is 32.1 Å². The summed E-state index contributed by atoms with van der Waals surface area (Å²) in [6.45, 7) is 1.77. The first-order chi connectivity index (χ1) is 18.2. The number of amides is 1. The lowest BCUT2D eigenvalue weighted by Gasteiger charge is -2.04. The first kappa shape index (κ1) is 24.2. The molecule has 0 aliphatic heterocycles. The minimum atomic E-state index is -0.284. The summed E-state index contributed by atoms with van der Waals surface area (Å²) >= 11 is 0. The number of nitrogens with one attached hydrogen (secondary N) is 3. The van der Waals surface area contributed by atoms with Crippen molar-refractivity contribution >= 4 is 16.9 Å². The van der Waals surface area contributed by atoms with Crippen LogP contribution in [0.5, 0.6) is 5.75 Å². The number of nitrogens with zero attached hydrogens (tertiary/aromatic N) is 3. The molecule has 0 spiro atoms. The number of pyridine rings is 1. The molecule has 0 radical (unpaired) electrons. The first-order valence-corrected chi connectivity index (χ1v) is 12.1. The highest BCUT2D eigenvalue weighted by molar-refractivity contribution is 5.91. The largest absolute Gasteiger partial charge is 0.497 e. The monoisotopic (exact) mass is 496 g/mol. The van der Waals surface area contributed by atoms with Crippen LogP contribution in [-0.4, -0.2) is 46.0 Å². The van der Waals surface area contributed by atoms with E-state index in [9.17, 15) is 4.79 Å². The molecule has 1 amide bonds. The maximum Gasteiger partial charge on any atom is 0.273 e. The van der Waals surface area contributed by atoms with Crippen LogP contribution in [0.25, 0.3) is 22.2 Å². The van der Waals surface area contributed by atoms with E-state index >= 15 is 0 Å². The van der Waals surface area contributed by atoms with Crippen molar-refractivity contribution in [1.82, 2.24) is 30.6 Å². The average Bonchev–Trinajstić information content (AvgIpc) is 3.58. The van der Waals surface area contributed by atoms with Gasteiger partial charge in [0.1, 0.15) is 17.8 Å². The van der Waals surface area contributed by atoms with Gasteiger partial charge in [0.25, 0.3) is 5.91 Å². The quantitative estimate of drug-likeness (QED) is 0.237. The van der Waals surface area contributed by atoms with Gasteiger partial charge in [0.15, 0.2) is 11.6 Å². The molecule has 0 saturated carbocycles. The second-order valence-corrected chi connectivity index (χ2v) is 8.53. The lowest BCUT2D eigenvalue weighted by atomic mass is 10.1. The Balaban J connectivity index is 1.07. The van der Waals surface area contributed by atoms with Gasteiger partial charge in [-0.25, -0.2) is 9.97 Å². The fourth-order valence-electron chi connectivity index (χ4n) is 3.98. The lowest BCUT2D eigenvalue weighted by Crippen LogP contribution is -2.24. The van der Waals surface area contributed by atoms with Crippen LogP contribution in [-0.2, 0) is 19.4 Å². The fraction of sp³-hybridized carbons (Fsp3) is 0.214. The van der Waals surface area contributed by atoms with Crippen molar-refractivity contribution in [3.8, 4) is 16.9 Å². The molecule has 5 rings (SSSR count). The van der Waals surface area contributed by atoms with Crippen molar-refractivity contribution in [2.24, 2.45) is 0 Å². The third-order valence-corrected chi connectivity index (χ3v) is 5.93. The number of aromatic amines is 1. The van der Waals surface area contributed by atoms with E-state index in [1.807, 2.05) is 36.4 Å². The Kier molecular flexibility index (Phi) is 7.52. The Morgan fingerprint density at radius 3 is 2.76 bits per heavy atom. The third-order valence-electron chi connectivity index (χ3n) is 5.93. The SMILES string of the molecule is COc1cccc(-c2ccc3[nH]c(CCNCCc4nc(C(=O)NCc5ccccn5)co4)nc3c2)c1. The molecule has 37 heavy (non-hydrogen) atoms. The molecule has 188 valence electrons. The van der Waals surface area contributed by atoms with Gasteiger partial charge in [-0.3, -0.25) is 9.78 Å². The molecule has 0 atom stereocenters. The fourth-order valence-corrected chi connectivity index (χ4v) is 3.98. The summed E-state index contributed by atoms with van der Waals surface area (Å²) in [6.07, 6.45) is 4.42. The molecule has 3 N–H and O–H groups in total. The topological polar surface area (TPSA) is 118 Å². The van der Waals surface area contributed by atoms with Crippen LogP contribution in [0.4, 0.5) is 0 Å². The molecule has 0 bridgehead atoms. The zero-order valence-corrected chi connectivity index (χ0v) is 20.5. The molecule has 0 fully saturated rings. The van der Waals surface area contributed by atoms with Gasteiger partial charge in [-0.2, -0.15) is 0 Å². The highest BCUT2D eigenvalue weighted by atomic mass is 16.5. The second-order valence-electron chi connectivity index (χ2n) is 8.53. The summed E-state index contributed by atoms with van der Waals surface area (Å²) < 4.78 is 10.8. The number of methoxy groups -OCH3 is 1. The van der Waals surface area contributed by atoms with Gasteiger partial charge in [-0.1, -0.05) is 24.3 Å². The summed E-state index contributed by atoms with van der Waals surface area (Å²) in [4.78, 5) is 28.9. The minimum absolute atomic E-state index is 0.265. The number of carbonyl (C=O) groups excluding carboxylic acids is 1. The van der Waals surface area contributed by atoms with Crippen LogP contribution in [0.15, 0.2) is 77.5 Å². The van der Waals surface area contributed by atoms with E-state index in [1.165, 1.54) is 6.26 Å². The Labute approximate surface area is 214 Å². The number of carbonyl (C=O) groups is 1. The Bertz CT molecular complexity index is 1480. The summed E-state index contributed by atoms with van der Waals surface area (Å²) in [5.74, 6) is 1.99. The molecule has 5 aromatic rings. The lowest BCUT2D eigenvalue weighted by molar-refractivity contribution is 0.0945. The summed E-state index contributed by atoms with van der Waals surface area (Å²) in [5.41, 5.74) is 5.18. The van der Waals surface area contributed by atoms with E-state index in [0.717, 1.165) is 52.4 Å². The molecular weight excluding hydrogens is 468 g/mol. The maximum absolute atomic E-state index is 12.3. The predicted molar refractivity (Wildman–Crippen MR) is 140 cm³/mol. The van der Waals surface area contributed by atoms with Crippen LogP contribution in [0.2, 0.25) is 0 Å². The number of hydrogen-bond acceptors (Lipinski definition) is 7. The van der Waals surface area contributed by atoms with Crippen LogP contribution in [0, 0.1) is 0 Å². The third kappa shape index (κ3) is 6.20. The molecule has 0 saturated heterocycles. The highest BCUT2D eigenvalue weighted by Crippen LogP contribution is 2.26. The van der Waals surface area contributed by atoms with Gasteiger partial charge in [0.05, 0.1) is 30.4 Å². The van der Waals surface area contributed by atoms with Crippen LogP contribution in [0.3, 0.4) is 0 Å². The van der Waals surface area contributed by atoms with E-state index in [4.69, 9.17) is 14.1 Å². The standard InChI is InChI=1S/C28H28N6O3/c1-36-22-7-4-5-19(15-22)20-8-9-23-24(16-20)33-26(32-23)10-13-29-14-11-27-34-25(18-37-27)28(35)31-17-21-6-2-3-12-30-21/h2-9,12,15-16,18,29H,10-11,13-14,17H2,1H3,(H,31,35)(H,32,33). The Hall–Kier alpha value is -4.50. The summed E-state index contributed by atoms with van der Waals surface area (Å²) in [7, 11) is 1.67. The zero-order chi connectivity index (χ0) is 25.5. The molecule has 9 heteroatoms. The van der Waals surface area contributed by atoms with Crippen molar-refractivity contribution in [3.63, 3.8) is 0 Å². The Morgan fingerprint density at radius 1 is 1.00 bits per heavy atom. The van der Waals surface area contributed by atoms with E-state index < -0.39 is 0 Å². The van der Waals surface area contributed by atoms with E-state index in [1.54, 1.807) is 13.3 Å². The molecule has 3 aromatic heterocycles. The van der Waals surface area contributed by atoms with Gasteiger partial charge in [-0.05, 0) is 47.5 Å². The number of hydrogen-bond donors (Lipinski definition) is 3. The smallest absolute Gasteiger partial charge is 0.273 e. The molecule has 0 unspecified atom stereocenters. The normalized spacial score (nSPS) is 11.1. The van der Waals surface area contributed by atoms with Crippen molar-refractivity contribution in [1.29, 1.82) is 0 Å². The number of rotatable bonds is 11. The number of aromatic nitrogens is 4. The highest BCUT2D eigenvalue weighted by Gasteiger charge is 2.12. The van der Waals surface area contributed by atoms with Crippen molar-refractivity contribution in [2.75, 3.05) is 20.2 Å². The molecule has 2 aromatic carbocycles. The zero-order valence-electron chi connectivity index (χ0n) is 20.5. The van der Waals surface area contributed by atoms with Gasteiger partial charge in [-0.15, -0.1) is 0 Å². The summed E-state index contributed by atoms with van der Waals surface area (Å²) in [6, 6.07) is 19.8. The van der Waals surface area contributed by atoms with Gasteiger partial charge in [0.2, 0.25) is 0 Å². The van der Waals surface area contributed by atoms with E-state index in [-0.39, 0.29) is 11.6 Å². The van der Waals surface area contributed by atoms with E-state index in [0.29, 0.717) is 25.4 Å². The van der Waals surface area contributed by atoms with Crippen molar-refractivity contribution in [2.45, 2.75) is 19.4 Å². The van der Waals surface area contributed by atoms with Crippen molar-refractivity contribution in [3.05, 3.63) is 96.2 Å². The molecule has 0 aliphatic carbocycles. The summed E-state index contributed by atoms with van der Waals surface area (Å²) in [5, 5.41) is 6.18. The number of imidazole rings is 1. The number of oxazole rings is 1. The molecular formula is C28H28N6O3. The molecule has 3 heterocycles. The number of ether oxygens (including phenoxy) is 1. The number of benzene rings is 2. The second kappa shape index (κ2) is 11.5. The minimum Gasteiger partial charge on any atom is -0.497 e. The Morgan fingerprint density at radius 2 is 1.89 bits per heavy atom.